The number of fused-ring (bicyclic) bond motifs is 1. The first-order chi connectivity index (χ1) is 16.1. The van der Waals surface area contributed by atoms with E-state index in [1.54, 1.807) is 0 Å². The molecule has 1 fully saturated rings. The van der Waals surface area contributed by atoms with Crippen molar-refractivity contribution in [3.63, 3.8) is 0 Å². The molecule has 15 nitrogen and oxygen atoms in total. The first kappa shape index (κ1) is 23.5. The summed E-state index contributed by atoms with van der Waals surface area (Å²) in [5.41, 5.74) is 5.88. The molecular formula is C18H17N6O9P. The summed E-state index contributed by atoms with van der Waals surface area (Å²) in [5, 5.41) is 31.8. The number of hydrogen-bond donors (Lipinski definition) is 4. The minimum Gasteiger partial charge on any atom is -0.404 e. The van der Waals surface area contributed by atoms with Crippen LogP contribution in [-0.2, 0) is 13.8 Å². The second-order valence-electron chi connectivity index (χ2n) is 7.14. The highest BCUT2D eigenvalue weighted by Crippen LogP contribution is 2.45. The summed E-state index contributed by atoms with van der Waals surface area (Å²) in [4.78, 5) is 31.3. The van der Waals surface area contributed by atoms with Gasteiger partial charge in [0.15, 0.2) is 6.23 Å². The smallest absolute Gasteiger partial charge is 0.404 e. The lowest BCUT2D eigenvalue weighted by molar-refractivity contribution is -0.384. The second-order valence-corrected chi connectivity index (χ2v) is 8.52. The molecule has 178 valence electrons. The maximum atomic E-state index is 12.3. The predicted octanol–water partition coefficient (Wildman–Crippen LogP) is 1.29. The van der Waals surface area contributed by atoms with Gasteiger partial charge in [0.1, 0.15) is 41.9 Å². The number of phosphoric acid groups is 1. The maximum Gasteiger partial charge on any atom is 0.527 e. The number of nitrogen functional groups attached to an aromatic ring is 1. The van der Waals surface area contributed by atoms with Crippen molar-refractivity contribution in [3.05, 3.63) is 58.3 Å². The van der Waals surface area contributed by atoms with Crippen LogP contribution in [0.15, 0.2) is 36.8 Å². The van der Waals surface area contributed by atoms with Crippen molar-refractivity contribution in [1.29, 1.82) is 0 Å². The van der Waals surface area contributed by atoms with E-state index in [9.17, 15) is 29.8 Å². The van der Waals surface area contributed by atoms with Gasteiger partial charge in [0.25, 0.3) is 5.69 Å². The van der Waals surface area contributed by atoms with E-state index in [4.69, 9.17) is 26.1 Å². The summed E-state index contributed by atoms with van der Waals surface area (Å²) in [6.07, 6.45) is -3.01. The lowest BCUT2D eigenvalue weighted by Crippen LogP contribution is -2.33. The number of nitrogens with two attached hydrogens (primary N) is 1. The molecule has 3 heterocycles. The Labute approximate surface area is 190 Å². The lowest BCUT2D eigenvalue weighted by atomic mass is 10.1. The quantitative estimate of drug-likeness (QED) is 0.159. The average molecular weight is 492 g/mol. The number of aliphatic hydroxyl groups excluding tert-OH is 2. The van der Waals surface area contributed by atoms with Crippen LogP contribution in [0.1, 0.15) is 6.23 Å². The van der Waals surface area contributed by atoms with Crippen LogP contribution in [0.2, 0.25) is 0 Å². The first-order valence-corrected chi connectivity index (χ1v) is 11.0. The van der Waals surface area contributed by atoms with Crippen LogP contribution in [-0.4, -0.2) is 59.5 Å². The number of nitro benzene ring substituents is 1. The lowest BCUT2D eigenvalue weighted by Gasteiger charge is -2.18. The number of phosphoric ester groups is 1. The average Bonchev–Trinajstić information content (AvgIpc) is 3.31. The number of benzene rings is 1. The zero-order valence-electron chi connectivity index (χ0n) is 17.0. The Morgan fingerprint density at radius 3 is 2.65 bits per heavy atom. The van der Waals surface area contributed by atoms with Crippen molar-refractivity contribution in [2.24, 2.45) is 0 Å². The van der Waals surface area contributed by atoms with Crippen LogP contribution in [0.25, 0.3) is 15.9 Å². The fraction of sp³-hybridized carbons (Fsp3) is 0.278. The molecule has 1 aliphatic heterocycles. The highest BCUT2D eigenvalue weighted by atomic mass is 31.2. The Hall–Kier alpha value is -3.64. The zero-order chi connectivity index (χ0) is 24.6. The Morgan fingerprint density at radius 2 is 2.00 bits per heavy atom. The Bertz CT molecular complexity index is 1320. The largest absolute Gasteiger partial charge is 0.527 e. The second kappa shape index (κ2) is 8.95. The molecule has 1 saturated heterocycles. The molecule has 0 aliphatic carbocycles. The van der Waals surface area contributed by atoms with Crippen LogP contribution in [0, 0.1) is 16.7 Å². The van der Waals surface area contributed by atoms with Gasteiger partial charge in [-0.25, -0.2) is 19.4 Å². The van der Waals surface area contributed by atoms with Crippen molar-refractivity contribution < 1.29 is 38.4 Å². The first-order valence-electron chi connectivity index (χ1n) is 9.52. The van der Waals surface area contributed by atoms with E-state index in [0.717, 1.165) is 30.6 Å². The number of hydrogen-bond acceptors (Lipinski definition) is 11. The van der Waals surface area contributed by atoms with Gasteiger partial charge >= 0.3 is 7.82 Å². The summed E-state index contributed by atoms with van der Waals surface area (Å²) in [6, 6.07) is 4.39. The van der Waals surface area contributed by atoms with Gasteiger partial charge in [-0.15, -0.1) is 0 Å². The zero-order valence-corrected chi connectivity index (χ0v) is 17.9. The highest BCUT2D eigenvalue weighted by molar-refractivity contribution is 7.47. The van der Waals surface area contributed by atoms with Gasteiger partial charge in [-0.2, -0.15) is 0 Å². The van der Waals surface area contributed by atoms with E-state index in [2.05, 4.69) is 14.8 Å². The Kier molecular flexibility index (Phi) is 6.19. The van der Waals surface area contributed by atoms with E-state index in [1.807, 2.05) is 0 Å². The fourth-order valence-electron chi connectivity index (χ4n) is 3.42. The van der Waals surface area contributed by atoms with Crippen molar-refractivity contribution in [3.8, 4) is 5.75 Å². The molecule has 16 heteroatoms. The molecule has 0 saturated carbocycles. The normalized spacial score (nSPS) is 23.9. The minimum atomic E-state index is -4.72. The van der Waals surface area contributed by atoms with Crippen LogP contribution < -0.4 is 10.3 Å². The highest BCUT2D eigenvalue weighted by Gasteiger charge is 2.45. The molecule has 2 unspecified atom stereocenters. The number of aliphatic hydroxyl groups is 2. The van der Waals surface area contributed by atoms with Gasteiger partial charge in [-0.3, -0.25) is 19.5 Å². The van der Waals surface area contributed by atoms with Crippen molar-refractivity contribution in [2.45, 2.75) is 24.5 Å². The molecule has 0 radical (unpaired) electrons. The third-order valence-corrected chi connectivity index (χ3v) is 5.94. The Morgan fingerprint density at radius 1 is 1.29 bits per heavy atom. The van der Waals surface area contributed by atoms with Gasteiger partial charge in [-0.1, -0.05) is 0 Å². The summed E-state index contributed by atoms with van der Waals surface area (Å²) in [7, 11) is -4.72. The van der Waals surface area contributed by atoms with Crippen molar-refractivity contribution in [1.82, 2.24) is 14.5 Å². The number of ether oxygens (including phenoxy) is 1. The third-order valence-electron chi connectivity index (χ3n) is 5.02. The maximum absolute atomic E-state index is 12.3. The molecule has 0 bridgehead atoms. The van der Waals surface area contributed by atoms with E-state index in [-0.39, 0.29) is 34.0 Å². The minimum absolute atomic E-state index is 0.0484. The number of nitrogens with zero attached hydrogens (tertiary/aromatic N) is 5. The van der Waals surface area contributed by atoms with Gasteiger partial charge < -0.3 is 29.8 Å². The monoisotopic (exact) mass is 492 g/mol. The molecule has 0 amide bonds. The molecule has 1 aliphatic rings. The number of non-ortho nitro benzene ring substituents is 1. The van der Waals surface area contributed by atoms with Crippen LogP contribution in [0.4, 0.5) is 17.2 Å². The molecule has 3 aromatic rings. The molecule has 0 spiro atoms. The molecule has 34 heavy (non-hydrogen) atoms. The van der Waals surface area contributed by atoms with Crippen LogP contribution in [0.3, 0.4) is 0 Å². The predicted molar refractivity (Wildman–Crippen MR) is 114 cm³/mol. The van der Waals surface area contributed by atoms with Crippen LogP contribution >= 0.6 is 7.82 Å². The molecule has 5 atom stereocenters. The number of aromatic nitrogens is 3. The molecule has 5 N–H and O–H groups in total. The van der Waals surface area contributed by atoms with Gasteiger partial charge in [0.05, 0.1) is 23.5 Å². The number of nitro groups is 1. The van der Waals surface area contributed by atoms with Crippen molar-refractivity contribution >= 4 is 36.0 Å². The van der Waals surface area contributed by atoms with Gasteiger partial charge in [-0.05, 0) is 12.1 Å². The molecular weight excluding hydrogens is 475 g/mol. The van der Waals surface area contributed by atoms with E-state index >= 15 is 0 Å². The van der Waals surface area contributed by atoms with Gasteiger partial charge in [0.2, 0.25) is 5.69 Å². The fourth-order valence-corrected chi connectivity index (χ4v) is 4.20. The SMILES string of the molecule is [C-]#[N+]c1cn([C@@H]2OC(COP(=O)(O)Oc3ccc([N+](=O)[O-])cc3)[C@@H](O)[C@H]2O)c2ncnc(N)c12. The molecule has 4 rings (SSSR count). The summed E-state index contributed by atoms with van der Waals surface area (Å²) in [5.74, 6) is -0.114. The molecule has 1 aromatic carbocycles. The van der Waals surface area contributed by atoms with E-state index in [0.29, 0.717) is 0 Å². The van der Waals surface area contributed by atoms with Gasteiger partial charge in [0, 0.05) is 18.3 Å². The Balaban J connectivity index is 1.47. The number of rotatable bonds is 7. The third kappa shape index (κ3) is 4.41. The van der Waals surface area contributed by atoms with E-state index in [1.165, 1.54) is 10.8 Å². The van der Waals surface area contributed by atoms with Crippen molar-refractivity contribution in [2.75, 3.05) is 12.3 Å². The molecule has 2 aromatic heterocycles. The van der Waals surface area contributed by atoms with Crippen LogP contribution in [0.5, 0.6) is 5.75 Å². The summed E-state index contributed by atoms with van der Waals surface area (Å²) >= 11 is 0. The van der Waals surface area contributed by atoms with E-state index < -0.39 is 43.9 Å². The standard InChI is InChI=1S/C18H17N6O9P/c1-20-11-6-23(17-13(11)16(19)21-8-22-17)18-15(26)14(25)12(32-18)7-31-34(29,30)33-10-4-2-9(3-5-10)24(27)28/h2-6,8,12,14-15,18,25-26H,7H2,(H,29,30)(H2,19,21,22)/t12?,14-,15-,18-/m1/s1. The summed E-state index contributed by atoms with van der Waals surface area (Å²) < 4.78 is 28.9. The topological polar surface area (TPSA) is 210 Å². The number of anilines is 1. The summed E-state index contributed by atoms with van der Waals surface area (Å²) in [6.45, 7) is 6.67.